The number of pyridine rings is 2. The number of aromatic hydroxyl groups is 2. The van der Waals surface area contributed by atoms with Gasteiger partial charge < -0.3 is 29.9 Å². The molecule has 0 aliphatic carbocycles. The first-order valence-electron chi connectivity index (χ1n) is 14.1. The highest BCUT2D eigenvalue weighted by Gasteiger charge is 2.17. The third-order valence-corrected chi connectivity index (χ3v) is 6.83. The maximum atomic E-state index is 11.1. The number of phenols is 2. The summed E-state index contributed by atoms with van der Waals surface area (Å²) in [6.45, 7) is 0. The zero-order valence-electron chi connectivity index (χ0n) is 26.1. The predicted octanol–water partition coefficient (Wildman–Crippen LogP) is 3.45. The fourth-order valence-corrected chi connectivity index (χ4v) is 4.36. The first kappa shape index (κ1) is 33.6. The minimum absolute atomic E-state index is 0.241. The molecule has 16 heteroatoms. The molecule has 0 saturated heterocycles. The molecule has 0 bridgehead atoms. The molecule has 0 atom stereocenters. The lowest BCUT2D eigenvalue weighted by Crippen LogP contribution is -2.00. The van der Waals surface area contributed by atoms with Crippen LogP contribution in [-0.4, -0.2) is 86.5 Å². The lowest BCUT2D eigenvalue weighted by Gasteiger charge is -2.05. The summed E-state index contributed by atoms with van der Waals surface area (Å²) in [6, 6.07) is 14.6. The molecule has 4 aromatic heterocycles. The second-order valence-electron chi connectivity index (χ2n) is 9.95. The molecule has 0 amide bonds. The van der Waals surface area contributed by atoms with Crippen LogP contribution >= 0.6 is 0 Å². The van der Waals surface area contributed by atoms with E-state index in [0.29, 0.717) is 57.0 Å². The number of hydrogen-bond acceptors (Lipinski definition) is 12. The Bertz CT molecular complexity index is 2180. The zero-order chi connectivity index (χ0) is 35.9. The fourth-order valence-electron chi connectivity index (χ4n) is 4.36. The second kappa shape index (κ2) is 14.4. The van der Waals surface area contributed by atoms with Gasteiger partial charge in [0.1, 0.15) is 56.9 Å². The van der Waals surface area contributed by atoms with E-state index in [1.807, 2.05) is 0 Å². The Balaban J connectivity index is 0.000000343. The molecule has 0 unspecified atom stereocenters. The Morgan fingerprint density at radius 2 is 1.06 bits per heavy atom. The summed E-state index contributed by atoms with van der Waals surface area (Å²) >= 11 is 0. The highest BCUT2D eigenvalue weighted by Crippen LogP contribution is 2.28. The summed E-state index contributed by atoms with van der Waals surface area (Å²) in [6.07, 6.45) is 13.4. The Labute approximate surface area is 282 Å². The van der Waals surface area contributed by atoms with Gasteiger partial charge in [0, 0.05) is 36.4 Å². The molecule has 50 heavy (non-hydrogen) atoms. The summed E-state index contributed by atoms with van der Waals surface area (Å²) in [7, 11) is 3.03. The molecule has 4 N–H and O–H groups in total. The highest BCUT2D eigenvalue weighted by atomic mass is 16.5. The van der Waals surface area contributed by atoms with E-state index in [0.717, 1.165) is 0 Å². The van der Waals surface area contributed by atoms with Gasteiger partial charge in [0.2, 0.25) is 0 Å². The van der Waals surface area contributed by atoms with Crippen LogP contribution in [-0.2, 0) is 0 Å². The molecule has 0 aliphatic heterocycles. The molecule has 0 fully saturated rings. The summed E-state index contributed by atoms with van der Waals surface area (Å²) < 4.78 is 13.1. The summed E-state index contributed by atoms with van der Waals surface area (Å²) in [4.78, 5) is 30.8. The maximum Gasteiger partial charge on any atom is 0.339 e. The van der Waals surface area contributed by atoms with E-state index in [4.69, 9.17) is 32.5 Å². The largest absolute Gasteiger partial charge is 0.507 e. The number of aromatic carboxylic acids is 2. The number of benzene rings is 2. The van der Waals surface area contributed by atoms with Gasteiger partial charge in [-0.05, 0) is 24.3 Å². The number of carboxylic acids is 2. The maximum absolute atomic E-state index is 11.1. The van der Waals surface area contributed by atoms with Crippen molar-refractivity contribution in [2.75, 3.05) is 14.2 Å². The van der Waals surface area contributed by atoms with Gasteiger partial charge in [-0.2, -0.15) is 0 Å². The average molecular weight is 673 g/mol. The molecule has 6 aromatic rings. The van der Waals surface area contributed by atoms with Crippen LogP contribution in [0.1, 0.15) is 32.1 Å². The lowest BCUT2D eigenvalue weighted by atomic mass is 10.2. The molecule has 0 spiro atoms. The van der Waals surface area contributed by atoms with Crippen molar-refractivity contribution < 1.29 is 39.5 Å². The Kier molecular flexibility index (Phi) is 9.66. The average Bonchev–Trinajstić information content (AvgIpc) is 3.82. The van der Waals surface area contributed by atoms with Gasteiger partial charge in [-0.15, -0.1) is 23.0 Å². The van der Waals surface area contributed by atoms with E-state index in [1.165, 1.54) is 52.9 Å². The Morgan fingerprint density at radius 3 is 1.42 bits per heavy atom. The van der Waals surface area contributed by atoms with E-state index < -0.39 is 23.4 Å². The van der Waals surface area contributed by atoms with E-state index in [1.54, 1.807) is 43.8 Å². The number of terminal acetylenes is 2. The summed E-state index contributed by atoms with van der Waals surface area (Å²) in [5.41, 5.74) is 2.74. The van der Waals surface area contributed by atoms with Crippen LogP contribution in [0.2, 0.25) is 0 Å². The zero-order valence-corrected chi connectivity index (χ0v) is 26.1. The van der Waals surface area contributed by atoms with Gasteiger partial charge in [-0.1, -0.05) is 22.3 Å². The number of nitrogens with zero attached hydrogens (tertiary/aromatic N) is 8. The number of ether oxygens (including phenoxy) is 2. The molecule has 0 radical (unpaired) electrons. The molecule has 6 rings (SSSR count). The van der Waals surface area contributed by atoms with Gasteiger partial charge in [0.05, 0.1) is 49.4 Å². The van der Waals surface area contributed by atoms with Crippen molar-refractivity contribution in [3.63, 3.8) is 0 Å². The van der Waals surface area contributed by atoms with Crippen molar-refractivity contribution in [2.45, 2.75) is 0 Å². The Hall–Kier alpha value is -7.72. The molecule has 2 aromatic carbocycles. The fraction of sp³-hybridized carbons (Fsp3) is 0.0588. The van der Waals surface area contributed by atoms with E-state index in [-0.39, 0.29) is 11.1 Å². The van der Waals surface area contributed by atoms with Crippen LogP contribution in [0.3, 0.4) is 0 Å². The van der Waals surface area contributed by atoms with Crippen molar-refractivity contribution in [2.24, 2.45) is 0 Å². The van der Waals surface area contributed by atoms with E-state index in [2.05, 4.69) is 42.4 Å². The number of rotatable bonds is 8. The van der Waals surface area contributed by atoms with Gasteiger partial charge in [-0.25, -0.2) is 28.9 Å². The van der Waals surface area contributed by atoms with Crippen LogP contribution in [0.5, 0.6) is 23.0 Å². The van der Waals surface area contributed by atoms with Crippen LogP contribution in [0.15, 0.2) is 73.1 Å². The molecule has 0 saturated carbocycles. The van der Waals surface area contributed by atoms with E-state index >= 15 is 0 Å². The van der Waals surface area contributed by atoms with E-state index in [9.17, 15) is 19.8 Å². The molecule has 16 nitrogen and oxygen atoms in total. The quantitative estimate of drug-likeness (QED) is 0.170. The number of carboxylic acid groups (broad SMARTS) is 2. The highest BCUT2D eigenvalue weighted by molar-refractivity contribution is 5.91. The molecular weight excluding hydrogens is 648 g/mol. The standard InChI is InChI=1S/C24H17N7O7.C10H7NO/c1-38-14-8-17(19-10-30(28-26-19)12-2-4-15(23(34)35)21(32)6-12)25-18(9-14)20-11-31(29-27-20)13-3-5-16(24(36)37)22(33)7-13;1-4-8-6-10(12-3)7-9(5-2)11-8/h2-11,32-33H,1H3,(H,34,35)(H,36,37);1-2,6-7H,3H3. The van der Waals surface area contributed by atoms with Gasteiger partial charge >= 0.3 is 11.9 Å². The third-order valence-electron chi connectivity index (χ3n) is 6.83. The van der Waals surface area contributed by atoms with Crippen LogP contribution in [0, 0.1) is 24.7 Å². The minimum atomic E-state index is -1.26. The monoisotopic (exact) mass is 672 g/mol. The predicted molar refractivity (Wildman–Crippen MR) is 175 cm³/mol. The minimum Gasteiger partial charge on any atom is -0.507 e. The first-order chi connectivity index (χ1) is 24.0. The second-order valence-corrected chi connectivity index (χ2v) is 9.95. The number of aromatic nitrogens is 8. The SMILES string of the molecule is C#Cc1cc(OC)cc(C#C)n1.COc1cc(-c2cn(-c3ccc(C(=O)O)c(O)c3)nn2)nc(-c2cn(-c3ccc(C(=O)O)c(O)c3)nn2)c1. The summed E-state index contributed by atoms with van der Waals surface area (Å²) in [5, 5.41) is 54.5. The molecule has 0 aliphatic rings. The smallest absolute Gasteiger partial charge is 0.339 e. The first-order valence-corrected chi connectivity index (χ1v) is 14.1. The van der Waals surface area contributed by atoms with Crippen molar-refractivity contribution in [3.05, 3.63) is 95.6 Å². The van der Waals surface area contributed by atoms with Crippen LogP contribution in [0.4, 0.5) is 0 Å². The van der Waals surface area contributed by atoms with Gasteiger partial charge in [0.25, 0.3) is 0 Å². The van der Waals surface area contributed by atoms with Crippen LogP contribution < -0.4 is 9.47 Å². The topological polar surface area (TPSA) is 221 Å². The Morgan fingerprint density at radius 1 is 0.640 bits per heavy atom. The van der Waals surface area contributed by atoms with Crippen molar-refractivity contribution >= 4 is 11.9 Å². The van der Waals surface area contributed by atoms with Crippen molar-refractivity contribution in [1.82, 2.24) is 40.0 Å². The van der Waals surface area contributed by atoms with Crippen molar-refractivity contribution in [1.29, 1.82) is 0 Å². The normalized spacial score (nSPS) is 10.2. The van der Waals surface area contributed by atoms with Gasteiger partial charge in [-0.3, -0.25) is 0 Å². The number of carbonyl (C=O) groups is 2. The number of hydrogen-bond donors (Lipinski definition) is 4. The molecular formula is C34H24N8O8. The molecule has 4 heterocycles. The number of methoxy groups -OCH3 is 2. The molecule has 248 valence electrons. The van der Waals surface area contributed by atoms with Crippen LogP contribution in [0.25, 0.3) is 34.2 Å². The lowest BCUT2D eigenvalue weighted by molar-refractivity contribution is 0.0682. The van der Waals surface area contributed by atoms with Crippen molar-refractivity contribution in [3.8, 4) is 81.8 Å². The van der Waals surface area contributed by atoms with Gasteiger partial charge in [0.15, 0.2) is 0 Å². The summed E-state index contributed by atoms with van der Waals surface area (Å²) in [5.74, 6) is 2.51. The third kappa shape index (κ3) is 7.30.